The van der Waals surface area contributed by atoms with Crippen molar-refractivity contribution in [2.75, 3.05) is 19.3 Å². The quantitative estimate of drug-likeness (QED) is 0.810. The first-order chi connectivity index (χ1) is 7.58. The molecule has 0 spiro atoms. The van der Waals surface area contributed by atoms with E-state index in [0.29, 0.717) is 6.04 Å². The lowest BCUT2D eigenvalue weighted by Gasteiger charge is -2.20. The van der Waals surface area contributed by atoms with Gasteiger partial charge in [0.2, 0.25) is 5.91 Å². The molecule has 2 atom stereocenters. The third-order valence-electron chi connectivity index (χ3n) is 2.74. The molecule has 0 saturated heterocycles. The van der Waals surface area contributed by atoms with Crippen molar-refractivity contribution in [3.05, 3.63) is 0 Å². The summed E-state index contributed by atoms with van der Waals surface area (Å²) in [4.78, 5) is 18.0. The molecule has 92 valence electrons. The zero-order chi connectivity index (χ0) is 12.1. The summed E-state index contributed by atoms with van der Waals surface area (Å²) in [5.41, 5.74) is 0. The molecule has 1 aliphatic heterocycles. The van der Waals surface area contributed by atoms with E-state index in [0.717, 1.165) is 23.9 Å². The second-order valence-corrected chi connectivity index (χ2v) is 5.03. The second-order valence-electron chi connectivity index (χ2n) is 4.03. The fraction of sp³-hybridized carbons (Fsp3) is 0.818. The number of aliphatic imine (C=N–C) groups is 1. The molecular formula is C11H21N3OS. The highest BCUT2D eigenvalue weighted by atomic mass is 32.2. The van der Waals surface area contributed by atoms with Gasteiger partial charge in [-0.25, -0.2) is 0 Å². The van der Waals surface area contributed by atoms with Crippen LogP contribution in [0.25, 0.3) is 0 Å². The largest absolute Gasteiger partial charge is 0.353 e. The van der Waals surface area contributed by atoms with Crippen molar-refractivity contribution in [3.63, 3.8) is 0 Å². The number of amidine groups is 1. The van der Waals surface area contributed by atoms with Crippen molar-refractivity contribution in [2.45, 2.75) is 39.3 Å². The van der Waals surface area contributed by atoms with Gasteiger partial charge in [-0.05, 0) is 20.3 Å². The molecule has 5 heteroatoms. The van der Waals surface area contributed by atoms with Crippen LogP contribution in [-0.4, -0.2) is 47.4 Å². The third kappa shape index (κ3) is 3.40. The van der Waals surface area contributed by atoms with Gasteiger partial charge in [0.1, 0.15) is 6.04 Å². The molecule has 1 heterocycles. The summed E-state index contributed by atoms with van der Waals surface area (Å²) < 4.78 is 0. The van der Waals surface area contributed by atoms with E-state index in [4.69, 9.17) is 0 Å². The molecule has 2 unspecified atom stereocenters. The number of thioether (sulfide) groups is 1. The number of nitrogens with one attached hydrogen (secondary N) is 1. The Bertz CT molecular complexity index is 280. The summed E-state index contributed by atoms with van der Waals surface area (Å²) in [5, 5.41) is 4.09. The highest BCUT2D eigenvalue weighted by molar-refractivity contribution is 8.14. The zero-order valence-electron chi connectivity index (χ0n) is 10.5. The van der Waals surface area contributed by atoms with Crippen LogP contribution in [0.5, 0.6) is 0 Å². The lowest BCUT2D eigenvalue weighted by Crippen LogP contribution is -2.44. The number of rotatable bonds is 4. The first-order valence-electron chi connectivity index (χ1n) is 5.80. The fourth-order valence-electron chi connectivity index (χ4n) is 1.44. The Balaban J connectivity index is 2.46. The van der Waals surface area contributed by atoms with Crippen LogP contribution in [0.3, 0.4) is 0 Å². The molecule has 0 aliphatic carbocycles. The van der Waals surface area contributed by atoms with Crippen molar-refractivity contribution < 1.29 is 4.79 Å². The molecule has 1 rings (SSSR count). The van der Waals surface area contributed by atoms with E-state index in [1.807, 2.05) is 20.9 Å². The average Bonchev–Trinajstić information content (AvgIpc) is 2.74. The van der Waals surface area contributed by atoms with E-state index in [2.05, 4.69) is 17.2 Å². The van der Waals surface area contributed by atoms with Crippen LogP contribution in [0, 0.1) is 0 Å². The van der Waals surface area contributed by atoms with Gasteiger partial charge in [0.15, 0.2) is 5.17 Å². The van der Waals surface area contributed by atoms with Gasteiger partial charge in [-0.2, -0.15) is 0 Å². The molecule has 0 fully saturated rings. The Morgan fingerprint density at radius 2 is 2.38 bits per heavy atom. The molecule has 0 bridgehead atoms. The van der Waals surface area contributed by atoms with Gasteiger partial charge in [0, 0.05) is 19.3 Å². The molecule has 0 aromatic heterocycles. The van der Waals surface area contributed by atoms with E-state index in [-0.39, 0.29) is 11.9 Å². The highest BCUT2D eigenvalue weighted by Crippen LogP contribution is 2.18. The summed E-state index contributed by atoms with van der Waals surface area (Å²) in [6.45, 7) is 6.73. The summed E-state index contributed by atoms with van der Waals surface area (Å²) in [6, 6.07) is 0.227. The number of hydrogen-bond donors (Lipinski definition) is 1. The molecule has 1 aliphatic rings. The minimum Gasteiger partial charge on any atom is -0.353 e. The first-order valence-corrected chi connectivity index (χ1v) is 6.79. The number of nitrogens with zero attached hydrogens (tertiary/aromatic N) is 2. The van der Waals surface area contributed by atoms with Gasteiger partial charge in [-0.3, -0.25) is 9.79 Å². The molecule has 0 aromatic rings. The average molecular weight is 243 g/mol. The Morgan fingerprint density at radius 1 is 1.69 bits per heavy atom. The summed E-state index contributed by atoms with van der Waals surface area (Å²) in [7, 11) is 1.82. The number of likely N-dealkylation sites (N-methyl/N-ethyl adjacent to an activating group) is 1. The van der Waals surface area contributed by atoms with Crippen LogP contribution in [-0.2, 0) is 4.79 Å². The summed E-state index contributed by atoms with van der Waals surface area (Å²) in [5.74, 6) is 1.15. The summed E-state index contributed by atoms with van der Waals surface area (Å²) in [6.07, 6.45) is 1.06. The highest BCUT2D eigenvalue weighted by Gasteiger charge is 2.21. The van der Waals surface area contributed by atoms with Crippen molar-refractivity contribution in [3.8, 4) is 0 Å². The summed E-state index contributed by atoms with van der Waals surface area (Å²) >= 11 is 1.71. The van der Waals surface area contributed by atoms with Crippen LogP contribution in [0.1, 0.15) is 27.2 Å². The molecule has 0 aromatic carbocycles. The molecular weight excluding hydrogens is 222 g/mol. The Labute approximate surface area is 102 Å². The van der Waals surface area contributed by atoms with E-state index >= 15 is 0 Å². The number of amides is 1. The van der Waals surface area contributed by atoms with Gasteiger partial charge in [0.05, 0.1) is 6.04 Å². The maximum absolute atomic E-state index is 11.8. The maximum atomic E-state index is 11.8. The van der Waals surface area contributed by atoms with E-state index in [1.165, 1.54) is 0 Å². The fourth-order valence-corrected chi connectivity index (χ4v) is 2.58. The van der Waals surface area contributed by atoms with Crippen molar-refractivity contribution in [1.29, 1.82) is 0 Å². The van der Waals surface area contributed by atoms with Crippen LogP contribution in [0.2, 0.25) is 0 Å². The smallest absolute Gasteiger partial charge is 0.244 e. The predicted octanol–water partition coefficient (Wildman–Crippen LogP) is 1.32. The standard InChI is InChI=1S/C11H21N3OS/c1-5-9-7-16-11(13-9)12-8(3)10(15)14(4)6-2/h8-9H,5-7H2,1-4H3,(H,12,13). The van der Waals surface area contributed by atoms with Crippen LogP contribution < -0.4 is 5.32 Å². The van der Waals surface area contributed by atoms with Gasteiger partial charge in [-0.1, -0.05) is 18.7 Å². The lowest BCUT2D eigenvalue weighted by molar-refractivity contribution is -0.131. The lowest BCUT2D eigenvalue weighted by atomic mass is 10.3. The number of hydrogen-bond acceptors (Lipinski definition) is 4. The van der Waals surface area contributed by atoms with E-state index in [9.17, 15) is 4.79 Å². The third-order valence-corrected chi connectivity index (χ3v) is 3.79. The monoisotopic (exact) mass is 243 g/mol. The first kappa shape index (κ1) is 13.4. The SMILES string of the molecule is CCC1CSC(NC(C)C(=O)N(C)CC)=N1. The Morgan fingerprint density at radius 3 is 2.88 bits per heavy atom. The number of carbonyl (C=O) groups excluding carboxylic acids is 1. The number of carbonyl (C=O) groups is 1. The molecule has 1 N–H and O–H groups in total. The Kier molecular flexibility index (Phi) is 5.12. The van der Waals surface area contributed by atoms with Crippen molar-refractivity contribution in [1.82, 2.24) is 10.2 Å². The van der Waals surface area contributed by atoms with Gasteiger partial charge in [0.25, 0.3) is 0 Å². The van der Waals surface area contributed by atoms with Gasteiger partial charge >= 0.3 is 0 Å². The second kappa shape index (κ2) is 6.13. The van der Waals surface area contributed by atoms with Gasteiger partial charge in [-0.15, -0.1) is 0 Å². The van der Waals surface area contributed by atoms with Crippen LogP contribution in [0.4, 0.5) is 0 Å². The normalized spacial score (nSPS) is 21.5. The van der Waals surface area contributed by atoms with Crippen molar-refractivity contribution >= 4 is 22.8 Å². The minimum atomic E-state index is -0.188. The Hall–Kier alpha value is -0.710. The molecule has 4 nitrogen and oxygen atoms in total. The van der Waals surface area contributed by atoms with Crippen LogP contribution in [0.15, 0.2) is 4.99 Å². The van der Waals surface area contributed by atoms with E-state index in [1.54, 1.807) is 16.7 Å². The molecule has 1 amide bonds. The van der Waals surface area contributed by atoms with Gasteiger partial charge < -0.3 is 10.2 Å². The molecule has 0 saturated carbocycles. The van der Waals surface area contributed by atoms with Crippen molar-refractivity contribution in [2.24, 2.45) is 4.99 Å². The minimum absolute atomic E-state index is 0.116. The van der Waals surface area contributed by atoms with E-state index < -0.39 is 0 Å². The molecule has 16 heavy (non-hydrogen) atoms. The zero-order valence-corrected chi connectivity index (χ0v) is 11.3. The van der Waals surface area contributed by atoms with Crippen LogP contribution >= 0.6 is 11.8 Å². The predicted molar refractivity (Wildman–Crippen MR) is 69.9 cm³/mol. The topological polar surface area (TPSA) is 44.7 Å². The molecule has 0 radical (unpaired) electrons. The maximum Gasteiger partial charge on any atom is 0.244 e.